The molecule has 1 aliphatic rings. The molecule has 0 radical (unpaired) electrons. The van der Waals surface area contributed by atoms with Crippen molar-refractivity contribution in [1.82, 2.24) is 5.32 Å². The van der Waals surface area contributed by atoms with E-state index in [-0.39, 0.29) is 5.82 Å². The molecule has 3 nitrogen and oxygen atoms in total. The molecule has 18 heavy (non-hydrogen) atoms. The van der Waals surface area contributed by atoms with Gasteiger partial charge in [0.05, 0.1) is 0 Å². The number of hydrogen-bond acceptors (Lipinski definition) is 3. The number of nitrogens with one attached hydrogen (secondary N) is 1. The van der Waals surface area contributed by atoms with Crippen molar-refractivity contribution in [2.45, 2.75) is 36.2 Å². The van der Waals surface area contributed by atoms with Gasteiger partial charge in [0.25, 0.3) is 0 Å². The average Bonchev–Trinajstić information content (AvgIpc) is 3.12. The van der Waals surface area contributed by atoms with Crippen LogP contribution in [-0.4, -0.2) is 28.4 Å². The van der Waals surface area contributed by atoms with E-state index >= 15 is 0 Å². The van der Waals surface area contributed by atoms with Crippen LogP contribution in [0.5, 0.6) is 0 Å². The first-order valence-electron chi connectivity index (χ1n) is 5.89. The number of carboxylic acid groups (broad SMARTS) is 1. The van der Waals surface area contributed by atoms with Gasteiger partial charge in [0, 0.05) is 16.7 Å². The molecule has 2 rings (SSSR count). The Hall–Kier alpha value is -1.07. The number of hydrogen-bond donors (Lipinski definition) is 2. The van der Waals surface area contributed by atoms with E-state index in [0.29, 0.717) is 11.8 Å². The fourth-order valence-electron chi connectivity index (χ4n) is 1.60. The van der Waals surface area contributed by atoms with Crippen molar-refractivity contribution in [3.05, 3.63) is 30.1 Å². The molecule has 1 aliphatic carbocycles. The number of thioether (sulfide) groups is 1. The number of halogens is 1. The highest BCUT2D eigenvalue weighted by molar-refractivity contribution is 7.99. The molecule has 1 atom stereocenters. The second-order valence-electron chi connectivity index (χ2n) is 4.80. The molecule has 0 aromatic heterocycles. The van der Waals surface area contributed by atoms with Gasteiger partial charge in [0.15, 0.2) is 0 Å². The van der Waals surface area contributed by atoms with E-state index in [0.717, 1.165) is 17.7 Å². The molecule has 0 heterocycles. The Balaban J connectivity index is 1.96. The maximum Gasteiger partial charge on any atom is 0.324 e. The van der Waals surface area contributed by atoms with Crippen molar-refractivity contribution < 1.29 is 14.3 Å². The van der Waals surface area contributed by atoms with Crippen LogP contribution >= 0.6 is 11.8 Å². The van der Waals surface area contributed by atoms with Crippen molar-refractivity contribution in [1.29, 1.82) is 0 Å². The van der Waals surface area contributed by atoms with Gasteiger partial charge in [-0.3, -0.25) is 10.1 Å². The molecule has 1 aromatic rings. The van der Waals surface area contributed by atoms with Gasteiger partial charge in [-0.25, -0.2) is 4.39 Å². The Kier molecular flexibility index (Phi) is 3.92. The van der Waals surface area contributed by atoms with Crippen LogP contribution < -0.4 is 5.32 Å². The first-order valence-corrected chi connectivity index (χ1v) is 6.88. The van der Waals surface area contributed by atoms with Gasteiger partial charge in [-0.1, -0.05) is 0 Å². The molecule has 0 spiro atoms. The van der Waals surface area contributed by atoms with E-state index in [1.54, 1.807) is 19.1 Å². The van der Waals surface area contributed by atoms with E-state index in [2.05, 4.69) is 5.32 Å². The minimum atomic E-state index is -0.930. The summed E-state index contributed by atoms with van der Waals surface area (Å²) < 4.78 is 12.8. The maximum atomic E-state index is 12.8. The minimum Gasteiger partial charge on any atom is -0.480 e. The number of benzene rings is 1. The van der Waals surface area contributed by atoms with Crippen LogP contribution in [0.3, 0.4) is 0 Å². The molecule has 1 unspecified atom stereocenters. The summed E-state index contributed by atoms with van der Waals surface area (Å²) in [7, 11) is 0. The largest absolute Gasteiger partial charge is 0.480 e. The third-order valence-corrected chi connectivity index (χ3v) is 4.24. The predicted octanol–water partition coefficient (Wildman–Crippen LogP) is 2.51. The van der Waals surface area contributed by atoms with Crippen molar-refractivity contribution in [2.75, 3.05) is 5.75 Å². The lowest BCUT2D eigenvalue weighted by atomic mass is 10.1. The zero-order valence-corrected chi connectivity index (χ0v) is 11.0. The average molecular weight is 269 g/mol. The summed E-state index contributed by atoms with van der Waals surface area (Å²) >= 11 is 1.42. The van der Waals surface area contributed by atoms with Gasteiger partial charge in [-0.2, -0.15) is 0 Å². The van der Waals surface area contributed by atoms with Gasteiger partial charge < -0.3 is 5.11 Å². The minimum absolute atomic E-state index is 0.281. The summed E-state index contributed by atoms with van der Waals surface area (Å²) in [6.45, 7) is 1.70. The molecule has 0 amide bonds. The molecule has 1 aromatic carbocycles. The van der Waals surface area contributed by atoms with Gasteiger partial charge >= 0.3 is 5.97 Å². The highest BCUT2D eigenvalue weighted by Gasteiger charge is 2.38. The normalized spacial score (nSPS) is 18.3. The molecule has 0 aliphatic heterocycles. The van der Waals surface area contributed by atoms with Crippen LogP contribution in [0.25, 0.3) is 0 Å². The van der Waals surface area contributed by atoms with Crippen LogP contribution in [0, 0.1) is 5.82 Å². The lowest BCUT2D eigenvalue weighted by Gasteiger charge is -2.26. The predicted molar refractivity (Wildman–Crippen MR) is 69.3 cm³/mol. The fraction of sp³-hybridized carbons (Fsp3) is 0.462. The van der Waals surface area contributed by atoms with E-state index < -0.39 is 11.5 Å². The van der Waals surface area contributed by atoms with Gasteiger partial charge in [-0.15, -0.1) is 11.8 Å². The highest BCUT2D eigenvalue weighted by Crippen LogP contribution is 2.27. The van der Waals surface area contributed by atoms with E-state index in [1.165, 1.54) is 23.9 Å². The summed E-state index contributed by atoms with van der Waals surface area (Å²) in [5.41, 5.74) is -0.930. The molecule has 1 saturated carbocycles. The summed E-state index contributed by atoms with van der Waals surface area (Å²) in [4.78, 5) is 12.2. The fourth-order valence-corrected chi connectivity index (χ4v) is 2.59. The topological polar surface area (TPSA) is 49.3 Å². The molecule has 2 N–H and O–H groups in total. The Morgan fingerprint density at radius 3 is 2.61 bits per heavy atom. The van der Waals surface area contributed by atoms with Gasteiger partial charge in [-0.05, 0) is 44.0 Å². The van der Waals surface area contributed by atoms with Crippen molar-refractivity contribution in [3.8, 4) is 0 Å². The summed E-state index contributed by atoms with van der Waals surface area (Å²) in [5, 5.41) is 12.4. The quantitative estimate of drug-likeness (QED) is 0.779. The number of aliphatic carboxylic acids is 1. The SMILES string of the molecule is CC(CSc1ccc(F)cc1)(NC1CC1)C(=O)O. The van der Waals surface area contributed by atoms with Crippen LogP contribution in [-0.2, 0) is 4.79 Å². The molecular formula is C13H16FNO2S. The standard InChI is InChI=1S/C13H16FNO2S/c1-13(12(16)17,15-10-4-5-10)8-18-11-6-2-9(14)3-7-11/h2-3,6-7,10,15H,4-5,8H2,1H3,(H,16,17). The first-order chi connectivity index (χ1) is 8.49. The third kappa shape index (κ3) is 3.46. The van der Waals surface area contributed by atoms with Crippen molar-refractivity contribution >= 4 is 17.7 Å². The molecule has 1 fully saturated rings. The van der Waals surface area contributed by atoms with E-state index in [9.17, 15) is 14.3 Å². The highest BCUT2D eigenvalue weighted by atomic mass is 32.2. The molecule has 0 saturated heterocycles. The monoisotopic (exact) mass is 269 g/mol. The van der Waals surface area contributed by atoms with Crippen molar-refractivity contribution in [2.24, 2.45) is 0 Å². The number of carboxylic acids is 1. The van der Waals surface area contributed by atoms with Crippen LogP contribution in [0.1, 0.15) is 19.8 Å². The lowest BCUT2D eigenvalue weighted by Crippen LogP contribution is -2.52. The molecule has 98 valence electrons. The molecule has 0 bridgehead atoms. The Labute approximate surface area is 110 Å². The second-order valence-corrected chi connectivity index (χ2v) is 5.85. The second kappa shape index (κ2) is 5.28. The number of carbonyl (C=O) groups is 1. The zero-order chi connectivity index (χ0) is 13.2. The number of rotatable bonds is 6. The summed E-state index contributed by atoms with van der Waals surface area (Å²) in [6.07, 6.45) is 2.09. The Morgan fingerprint density at radius 2 is 2.11 bits per heavy atom. The Bertz CT molecular complexity index is 433. The van der Waals surface area contributed by atoms with Crippen molar-refractivity contribution in [3.63, 3.8) is 0 Å². The summed E-state index contributed by atoms with van der Waals surface area (Å²) in [6, 6.07) is 6.43. The zero-order valence-electron chi connectivity index (χ0n) is 10.1. The van der Waals surface area contributed by atoms with E-state index in [4.69, 9.17) is 0 Å². The van der Waals surface area contributed by atoms with Gasteiger partial charge in [0.2, 0.25) is 0 Å². The third-order valence-electron chi connectivity index (χ3n) is 2.91. The van der Waals surface area contributed by atoms with Crippen LogP contribution in [0.2, 0.25) is 0 Å². The van der Waals surface area contributed by atoms with Crippen LogP contribution in [0.15, 0.2) is 29.2 Å². The molecule has 5 heteroatoms. The van der Waals surface area contributed by atoms with Gasteiger partial charge in [0.1, 0.15) is 11.4 Å². The van der Waals surface area contributed by atoms with E-state index in [1.807, 2.05) is 0 Å². The smallest absolute Gasteiger partial charge is 0.324 e. The lowest BCUT2D eigenvalue weighted by molar-refractivity contribution is -0.143. The first kappa shape index (κ1) is 13.4. The molecular weight excluding hydrogens is 253 g/mol. The maximum absolute atomic E-state index is 12.8. The Morgan fingerprint density at radius 1 is 1.50 bits per heavy atom. The summed E-state index contributed by atoms with van der Waals surface area (Å²) in [5.74, 6) is -0.703. The van der Waals surface area contributed by atoms with Crippen LogP contribution in [0.4, 0.5) is 4.39 Å².